The lowest BCUT2D eigenvalue weighted by Crippen LogP contribution is -3.00. The number of hydrogen-bond donors (Lipinski definition) is 2. The number of benzene rings is 1. The average Bonchev–Trinajstić information content (AvgIpc) is 2.43. The van der Waals surface area contributed by atoms with E-state index in [9.17, 15) is 13.2 Å². The molecule has 6 nitrogen and oxygen atoms in total. The molecule has 0 spiro atoms. The Bertz CT molecular complexity index is 511. The van der Waals surface area contributed by atoms with Crippen molar-refractivity contribution in [1.29, 1.82) is 0 Å². The van der Waals surface area contributed by atoms with Gasteiger partial charge in [-0.3, -0.25) is 0 Å². The zero-order valence-electron chi connectivity index (χ0n) is 11.5. The molecular formula is C12H19Cl2N2O4S-. The number of unbranched alkanes of at least 4 members (excludes halogenated alkanes) is 1. The van der Waals surface area contributed by atoms with E-state index in [0.717, 1.165) is 17.6 Å². The molecule has 0 amide bonds. The van der Waals surface area contributed by atoms with Gasteiger partial charge in [0.15, 0.2) is 0 Å². The molecule has 9 heteroatoms. The van der Waals surface area contributed by atoms with Crippen molar-refractivity contribution in [2.45, 2.75) is 37.1 Å². The van der Waals surface area contributed by atoms with Crippen molar-refractivity contribution in [3.8, 4) is 0 Å². The Labute approximate surface area is 137 Å². The molecule has 0 heterocycles. The molecule has 0 saturated carbocycles. The second-order valence-electron chi connectivity index (χ2n) is 4.18. The molecule has 0 aliphatic heterocycles. The molecule has 1 atom stereocenters. The normalized spacial score (nSPS) is 11.7. The van der Waals surface area contributed by atoms with Gasteiger partial charge in [0, 0.05) is 6.42 Å². The summed E-state index contributed by atoms with van der Waals surface area (Å²) in [6.07, 6.45) is 1.98. The summed E-state index contributed by atoms with van der Waals surface area (Å²) in [5.41, 5.74) is 0. The Morgan fingerprint density at radius 3 is 2.33 bits per heavy atom. The van der Waals surface area contributed by atoms with Gasteiger partial charge in [0.2, 0.25) is 6.04 Å². The van der Waals surface area contributed by atoms with Crippen molar-refractivity contribution >= 4 is 16.0 Å². The summed E-state index contributed by atoms with van der Waals surface area (Å²) in [5.74, 6) is 4.11. The number of sulfonamides is 1. The van der Waals surface area contributed by atoms with Crippen LogP contribution in [-0.2, 0) is 19.7 Å². The Kier molecular flexibility index (Phi) is 11.5. The molecule has 122 valence electrons. The number of hydrogen-bond acceptors (Lipinski definition) is 5. The van der Waals surface area contributed by atoms with Gasteiger partial charge in [-0.25, -0.2) is 9.52 Å². The smallest absolute Gasteiger partial charge is 0.384 e. The molecule has 0 aliphatic rings. The second kappa shape index (κ2) is 10.8. The number of carbonyl (C=O) groups is 1. The molecule has 0 unspecified atom stereocenters. The fourth-order valence-electron chi connectivity index (χ4n) is 1.66. The molecule has 4 N–H and O–H groups in total. The fourth-order valence-corrected chi connectivity index (χ4v) is 3.03. The highest BCUT2D eigenvalue weighted by molar-refractivity contribution is 7.84. The van der Waals surface area contributed by atoms with E-state index in [2.05, 4.69) is 4.84 Å². The first kappa shape index (κ1) is 22.4. The van der Waals surface area contributed by atoms with E-state index in [-0.39, 0.29) is 29.7 Å². The molecule has 0 saturated heterocycles. The molecule has 1 aromatic carbocycles. The Morgan fingerprint density at radius 2 is 1.86 bits per heavy atom. The predicted octanol–water partition coefficient (Wildman–Crippen LogP) is -6.08. The van der Waals surface area contributed by atoms with E-state index in [1.165, 1.54) is 12.1 Å². The third-order valence-corrected chi connectivity index (χ3v) is 4.32. The van der Waals surface area contributed by atoms with Crippen molar-refractivity contribution in [3.05, 3.63) is 30.3 Å². The van der Waals surface area contributed by atoms with Crippen LogP contribution in [0.25, 0.3) is 0 Å². The van der Waals surface area contributed by atoms with Crippen molar-refractivity contribution < 1.29 is 47.6 Å². The van der Waals surface area contributed by atoms with Crippen LogP contribution >= 0.6 is 0 Å². The minimum atomic E-state index is -3.63. The average molecular weight is 358 g/mol. The van der Waals surface area contributed by atoms with Crippen LogP contribution in [0.4, 0.5) is 0 Å². The van der Waals surface area contributed by atoms with Crippen LogP contribution in [0.1, 0.15) is 26.2 Å². The van der Waals surface area contributed by atoms with E-state index in [1.807, 2.05) is 6.92 Å². The molecule has 1 aromatic rings. The highest BCUT2D eigenvalue weighted by Gasteiger charge is 2.30. The molecule has 0 aliphatic carbocycles. The lowest BCUT2D eigenvalue weighted by Gasteiger charge is -2.12. The molecule has 0 radical (unpaired) electrons. The Morgan fingerprint density at radius 1 is 1.29 bits per heavy atom. The molecule has 0 fully saturated rings. The summed E-state index contributed by atoms with van der Waals surface area (Å²) in [6.45, 7) is 1.95. The summed E-state index contributed by atoms with van der Waals surface area (Å²) in [7, 11) is -3.63. The van der Waals surface area contributed by atoms with E-state index in [1.54, 1.807) is 18.2 Å². The van der Waals surface area contributed by atoms with Gasteiger partial charge in [-0.15, -0.1) is 0 Å². The van der Waals surface area contributed by atoms with E-state index in [4.69, 9.17) is 5.90 Å². The van der Waals surface area contributed by atoms with Gasteiger partial charge in [-0.2, -0.15) is 14.3 Å². The van der Waals surface area contributed by atoms with Crippen molar-refractivity contribution in [2.24, 2.45) is 5.90 Å². The van der Waals surface area contributed by atoms with Crippen LogP contribution in [0.5, 0.6) is 0 Å². The van der Waals surface area contributed by atoms with Crippen molar-refractivity contribution in [1.82, 2.24) is 0 Å². The molecule has 1 rings (SSSR count). The number of rotatable bonds is 7. The van der Waals surface area contributed by atoms with Gasteiger partial charge < -0.3 is 29.7 Å². The predicted molar refractivity (Wildman–Crippen MR) is 69.1 cm³/mol. The monoisotopic (exact) mass is 357 g/mol. The minimum absolute atomic E-state index is 0. The number of primary sulfonamides is 1. The summed E-state index contributed by atoms with van der Waals surface area (Å²) in [5, 5.41) is 0. The molecule has 21 heavy (non-hydrogen) atoms. The van der Waals surface area contributed by atoms with Gasteiger partial charge in [0.1, 0.15) is 4.90 Å². The van der Waals surface area contributed by atoms with E-state index in [0.29, 0.717) is 6.42 Å². The van der Waals surface area contributed by atoms with Crippen LogP contribution in [0.2, 0.25) is 0 Å². The second-order valence-corrected chi connectivity index (χ2v) is 6.01. The third-order valence-electron chi connectivity index (χ3n) is 2.70. The van der Waals surface area contributed by atoms with Gasteiger partial charge in [0.25, 0.3) is 0 Å². The fraction of sp³-hybridized carbons (Fsp3) is 0.417. The number of quaternary nitrogens is 1. The lowest BCUT2D eigenvalue weighted by atomic mass is 10.1. The lowest BCUT2D eigenvalue weighted by molar-refractivity contribution is -0.529. The van der Waals surface area contributed by atoms with Crippen molar-refractivity contribution in [2.75, 3.05) is 0 Å². The van der Waals surface area contributed by atoms with Gasteiger partial charge in [-0.05, 0) is 18.6 Å². The summed E-state index contributed by atoms with van der Waals surface area (Å²) >= 11 is 0. The van der Waals surface area contributed by atoms with Gasteiger partial charge in [-0.1, -0.05) is 31.5 Å². The number of carbonyl (C=O) groups excluding carboxylic acids is 1. The molecule has 0 aromatic heterocycles. The van der Waals surface area contributed by atoms with Crippen LogP contribution in [0, 0.1) is 0 Å². The van der Waals surface area contributed by atoms with Crippen LogP contribution in [0.15, 0.2) is 35.2 Å². The summed E-state index contributed by atoms with van der Waals surface area (Å²) in [4.78, 5) is 15.8. The molecule has 0 bridgehead atoms. The Balaban J connectivity index is 0. The minimum Gasteiger partial charge on any atom is -1.00 e. The highest BCUT2D eigenvalue weighted by atomic mass is 35.5. The zero-order valence-corrected chi connectivity index (χ0v) is 13.9. The van der Waals surface area contributed by atoms with Crippen LogP contribution < -0.4 is 35.4 Å². The summed E-state index contributed by atoms with van der Waals surface area (Å²) in [6, 6.07) is 7.11. The first-order valence-electron chi connectivity index (χ1n) is 6.07. The van der Waals surface area contributed by atoms with Gasteiger partial charge >= 0.3 is 16.0 Å². The van der Waals surface area contributed by atoms with E-state index >= 15 is 0 Å². The number of halogens is 2. The van der Waals surface area contributed by atoms with E-state index < -0.39 is 22.0 Å². The first-order valence-corrected chi connectivity index (χ1v) is 7.61. The first-order chi connectivity index (χ1) is 9.01. The Hall–Kier alpha value is -0.860. The van der Waals surface area contributed by atoms with Crippen LogP contribution in [-0.4, -0.2) is 20.4 Å². The maximum absolute atomic E-state index is 12.1. The number of nitrogens with two attached hydrogens (primary N) is 2. The maximum Gasteiger partial charge on any atom is 0.384 e. The standard InChI is InChI=1S/C12H18N2O4S.2ClH/c1-2-3-9-11(12(15)18-13)14-19(16,17)10-7-5-4-6-8-10;;/h4-8,11,14H,2-3,9,13H2,1H3;2*1H/p-1/t11-;;/m0../s1. The third kappa shape index (κ3) is 7.10. The summed E-state index contributed by atoms with van der Waals surface area (Å²) < 4.78 is 25.3. The zero-order chi connectivity index (χ0) is 14.3. The molecular weight excluding hydrogens is 339 g/mol. The maximum atomic E-state index is 12.1. The van der Waals surface area contributed by atoms with Crippen molar-refractivity contribution in [3.63, 3.8) is 0 Å². The SMILES string of the molecule is CCCC[C@H]([NH2+]S(=O)(=O)c1ccccc1)C(=O)ON.[Cl-].[Cl-]. The highest BCUT2D eigenvalue weighted by Crippen LogP contribution is 2.05. The quantitative estimate of drug-likeness (QED) is 0.473. The largest absolute Gasteiger partial charge is 1.00 e. The topological polar surface area (TPSA) is 103 Å². The van der Waals surface area contributed by atoms with Crippen LogP contribution in [0.3, 0.4) is 0 Å². The van der Waals surface area contributed by atoms with Gasteiger partial charge in [0.05, 0.1) is 0 Å².